The minimum absolute atomic E-state index is 0.0365. The van der Waals surface area contributed by atoms with Crippen molar-refractivity contribution < 1.29 is 19.1 Å². The molecule has 2 N–H and O–H groups in total. The molecule has 7 aromatic rings. The van der Waals surface area contributed by atoms with E-state index in [1.54, 1.807) is 36.4 Å². The summed E-state index contributed by atoms with van der Waals surface area (Å²) in [5, 5.41) is 14.8. The van der Waals surface area contributed by atoms with Crippen LogP contribution in [0, 0.1) is 5.92 Å². The molecule has 0 saturated carbocycles. The van der Waals surface area contributed by atoms with Crippen LogP contribution in [0.25, 0.3) is 51.1 Å². The molecule has 2 aromatic heterocycles. The smallest absolute Gasteiger partial charge is 0.343 e. The van der Waals surface area contributed by atoms with Crippen molar-refractivity contribution in [1.29, 1.82) is 0 Å². The second-order valence-electron chi connectivity index (χ2n) is 14.7. The van der Waals surface area contributed by atoms with E-state index in [0.29, 0.717) is 28.9 Å². The number of H-pyrrole nitrogens is 2. The molecule has 0 fully saturated rings. The quantitative estimate of drug-likeness (QED) is 0.0594. The van der Waals surface area contributed by atoms with Crippen molar-refractivity contribution in [3.8, 4) is 51.3 Å². The molecule has 11 heteroatoms. The van der Waals surface area contributed by atoms with E-state index in [2.05, 4.69) is 45.8 Å². The number of ether oxygens (including phenoxy) is 1. The predicted molar refractivity (Wildman–Crippen MR) is 227 cm³/mol. The van der Waals surface area contributed by atoms with Crippen LogP contribution in [0.1, 0.15) is 81.7 Å². The van der Waals surface area contributed by atoms with Crippen LogP contribution >= 0.6 is 0 Å². The van der Waals surface area contributed by atoms with Crippen LogP contribution in [0.15, 0.2) is 128 Å². The Morgan fingerprint density at radius 1 is 0.695 bits per heavy atom. The highest BCUT2D eigenvalue weighted by Gasteiger charge is 2.41. The molecule has 0 bridgehead atoms. The Bertz CT molecular complexity index is 2650. The molecule has 2 amide bonds. The van der Waals surface area contributed by atoms with E-state index >= 15 is 0 Å². The molecule has 8 rings (SSSR count). The van der Waals surface area contributed by atoms with Crippen LogP contribution in [-0.2, 0) is 6.42 Å². The van der Waals surface area contributed by atoms with Crippen LogP contribution in [0.4, 0.5) is 0 Å². The predicted octanol–water partition coefficient (Wildman–Crippen LogP) is 9.88. The minimum Gasteiger partial charge on any atom is -0.422 e. The SMILES string of the molecule is C=C(Cc1ccc(OC(=O)c2ccc(-c3nc(-c4ccccc4)n[nH]3)cc2)c2c1C(=O)N(CC(CC)CCCC)C2=O)c1cccc(-c2n[nH]c(-c3ccccc3)n2)c1. The van der Waals surface area contributed by atoms with E-state index < -0.39 is 17.8 Å². The largest absolute Gasteiger partial charge is 0.422 e. The molecule has 1 atom stereocenters. The molecular formula is C48H43N7O4. The lowest BCUT2D eigenvalue weighted by atomic mass is 9.93. The second-order valence-corrected chi connectivity index (χ2v) is 14.7. The zero-order chi connectivity index (χ0) is 40.9. The monoisotopic (exact) mass is 781 g/mol. The number of esters is 1. The Kier molecular flexibility index (Phi) is 11.2. The van der Waals surface area contributed by atoms with Gasteiger partial charge in [0.1, 0.15) is 5.75 Å². The van der Waals surface area contributed by atoms with Crippen LogP contribution in [0.3, 0.4) is 0 Å². The molecule has 294 valence electrons. The maximum atomic E-state index is 14.3. The third kappa shape index (κ3) is 8.13. The fraction of sp³-hybridized carbons (Fsp3) is 0.188. The highest BCUT2D eigenvalue weighted by Crippen LogP contribution is 2.37. The van der Waals surface area contributed by atoms with E-state index in [0.717, 1.165) is 59.1 Å². The summed E-state index contributed by atoms with van der Waals surface area (Å²) in [6, 6.07) is 37.3. The number of carbonyl (C=O) groups is 3. The van der Waals surface area contributed by atoms with Gasteiger partial charge in [-0.15, -0.1) is 0 Å². The van der Waals surface area contributed by atoms with E-state index in [-0.39, 0.29) is 41.3 Å². The zero-order valence-corrected chi connectivity index (χ0v) is 32.9. The Morgan fingerprint density at radius 3 is 1.97 bits per heavy atom. The molecule has 0 spiro atoms. The fourth-order valence-corrected chi connectivity index (χ4v) is 7.38. The number of unbranched alkanes of at least 4 members (excludes halogenated alkanes) is 1. The lowest BCUT2D eigenvalue weighted by Gasteiger charge is -2.21. The number of hydrogen-bond acceptors (Lipinski definition) is 8. The summed E-state index contributed by atoms with van der Waals surface area (Å²) in [5.74, 6) is 0.977. The van der Waals surface area contributed by atoms with Gasteiger partial charge >= 0.3 is 5.97 Å². The lowest BCUT2D eigenvalue weighted by Crippen LogP contribution is -2.34. The third-order valence-electron chi connectivity index (χ3n) is 10.7. The number of nitrogens with one attached hydrogen (secondary N) is 2. The number of nitrogens with zero attached hydrogens (tertiary/aromatic N) is 5. The van der Waals surface area contributed by atoms with Gasteiger partial charge in [-0.1, -0.05) is 137 Å². The van der Waals surface area contributed by atoms with E-state index in [4.69, 9.17) is 9.72 Å². The number of imide groups is 1. The number of aromatic nitrogens is 6. The average Bonchev–Trinajstić information content (AvgIpc) is 4.04. The zero-order valence-electron chi connectivity index (χ0n) is 32.9. The van der Waals surface area contributed by atoms with Crippen molar-refractivity contribution in [3.05, 3.63) is 156 Å². The number of allylic oxidation sites excluding steroid dienone is 1. The highest BCUT2D eigenvalue weighted by atomic mass is 16.5. The standard InChI is InChI=1S/C48H43N7O4/c1-4-6-14-31(5-2)29-55-46(56)40-37(27-30(3)36-19-13-20-38(28-36)45-50-43(52-54-45)33-17-11-8-12-18-33)25-26-39(41(40)47(55)57)59-48(58)35-23-21-34(22-24-35)44-49-42(51-53-44)32-15-9-7-10-16-32/h7-13,15-26,28,31H,3-6,14,27,29H2,1-2H3,(H,49,51,53)(H,50,52,54). The number of benzene rings is 5. The van der Waals surface area contributed by atoms with Crippen molar-refractivity contribution in [1.82, 2.24) is 35.3 Å². The molecule has 1 aliphatic rings. The molecule has 1 unspecified atom stereocenters. The van der Waals surface area contributed by atoms with Gasteiger partial charge in [-0.2, -0.15) is 10.2 Å². The van der Waals surface area contributed by atoms with Crippen LogP contribution in [-0.4, -0.2) is 59.6 Å². The first kappa shape index (κ1) is 38.6. The summed E-state index contributed by atoms with van der Waals surface area (Å²) in [5.41, 5.74) is 6.12. The molecule has 5 aromatic carbocycles. The Labute approximate surface area is 342 Å². The first-order valence-electron chi connectivity index (χ1n) is 19.9. The van der Waals surface area contributed by atoms with Gasteiger partial charge in [-0.3, -0.25) is 24.7 Å². The first-order chi connectivity index (χ1) is 28.8. The van der Waals surface area contributed by atoms with Gasteiger partial charge in [0.15, 0.2) is 23.3 Å². The highest BCUT2D eigenvalue weighted by molar-refractivity contribution is 6.23. The minimum atomic E-state index is -0.661. The number of fused-ring (bicyclic) bond motifs is 1. The molecule has 3 heterocycles. The number of carbonyl (C=O) groups excluding carboxylic acids is 3. The normalized spacial score (nSPS) is 12.7. The summed E-state index contributed by atoms with van der Waals surface area (Å²) in [6.07, 6.45) is 4.02. The fourth-order valence-electron chi connectivity index (χ4n) is 7.38. The van der Waals surface area contributed by atoms with E-state index in [9.17, 15) is 14.4 Å². The summed E-state index contributed by atoms with van der Waals surface area (Å²) in [7, 11) is 0. The maximum Gasteiger partial charge on any atom is 0.343 e. The van der Waals surface area contributed by atoms with Crippen molar-refractivity contribution in [2.45, 2.75) is 46.0 Å². The van der Waals surface area contributed by atoms with Gasteiger partial charge in [0.05, 0.1) is 16.7 Å². The maximum absolute atomic E-state index is 14.3. The van der Waals surface area contributed by atoms with Gasteiger partial charge in [-0.05, 0) is 59.7 Å². The Balaban J connectivity index is 1.05. The molecule has 59 heavy (non-hydrogen) atoms. The summed E-state index contributed by atoms with van der Waals surface area (Å²) in [4.78, 5) is 52.8. The van der Waals surface area contributed by atoms with Gasteiger partial charge < -0.3 is 4.74 Å². The summed E-state index contributed by atoms with van der Waals surface area (Å²) >= 11 is 0. The van der Waals surface area contributed by atoms with Crippen molar-refractivity contribution in [3.63, 3.8) is 0 Å². The molecular weight excluding hydrogens is 739 g/mol. The summed E-state index contributed by atoms with van der Waals surface area (Å²) < 4.78 is 5.94. The van der Waals surface area contributed by atoms with Crippen molar-refractivity contribution >= 4 is 23.4 Å². The number of hydrogen-bond donors (Lipinski definition) is 2. The topological polar surface area (TPSA) is 147 Å². The number of rotatable bonds is 15. The van der Waals surface area contributed by atoms with E-state index in [1.165, 1.54) is 4.90 Å². The van der Waals surface area contributed by atoms with Crippen molar-refractivity contribution in [2.75, 3.05) is 6.54 Å². The molecule has 0 aliphatic carbocycles. The first-order valence-corrected chi connectivity index (χ1v) is 19.9. The molecule has 1 aliphatic heterocycles. The van der Waals surface area contributed by atoms with Crippen LogP contribution in [0.5, 0.6) is 5.75 Å². The van der Waals surface area contributed by atoms with Gasteiger partial charge in [0.2, 0.25) is 0 Å². The Hall–Kier alpha value is -7.27. The number of aromatic amines is 2. The van der Waals surface area contributed by atoms with Crippen LogP contribution < -0.4 is 4.74 Å². The van der Waals surface area contributed by atoms with Crippen LogP contribution in [0.2, 0.25) is 0 Å². The van der Waals surface area contributed by atoms with Crippen molar-refractivity contribution in [2.24, 2.45) is 5.92 Å². The lowest BCUT2D eigenvalue weighted by molar-refractivity contribution is 0.0623. The molecule has 0 saturated heterocycles. The molecule has 0 radical (unpaired) electrons. The average molecular weight is 782 g/mol. The Morgan fingerprint density at radius 2 is 1.31 bits per heavy atom. The number of amides is 2. The van der Waals surface area contributed by atoms with Gasteiger partial charge in [0, 0.05) is 28.8 Å². The third-order valence-corrected chi connectivity index (χ3v) is 10.7. The molecule has 11 nitrogen and oxygen atoms in total. The van der Waals surface area contributed by atoms with Gasteiger partial charge in [0.25, 0.3) is 11.8 Å². The second kappa shape index (κ2) is 17.1. The summed E-state index contributed by atoms with van der Waals surface area (Å²) in [6.45, 7) is 8.88. The van der Waals surface area contributed by atoms with E-state index in [1.807, 2.05) is 84.9 Å². The van der Waals surface area contributed by atoms with Gasteiger partial charge in [-0.25, -0.2) is 14.8 Å².